The van der Waals surface area contributed by atoms with Gasteiger partial charge >= 0.3 is 0 Å². The number of nitrogens with zero attached hydrogens (tertiary/aromatic N) is 1. The van der Waals surface area contributed by atoms with Crippen LogP contribution >= 0.6 is 23.8 Å². The highest BCUT2D eigenvalue weighted by Crippen LogP contribution is 2.19. The number of benzene rings is 1. The van der Waals surface area contributed by atoms with Crippen LogP contribution in [0.3, 0.4) is 0 Å². The summed E-state index contributed by atoms with van der Waals surface area (Å²) < 4.78 is 10.0. The van der Waals surface area contributed by atoms with E-state index < -0.39 is 0 Å². The molecule has 0 spiro atoms. The minimum atomic E-state index is -0.0390. The Balaban J connectivity index is 2.42. The Labute approximate surface area is 84.3 Å². The van der Waals surface area contributed by atoms with Gasteiger partial charge in [-0.25, -0.2) is 4.98 Å². The third-order valence-corrected chi connectivity index (χ3v) is 1.66. The van der Waals surface area contributed by atoms with Crippen LogP contribution in [-0.2, 0) is 0 Å². The van der Waals surface area contributed by atoms with Crippen molar-refractivity contribution in [2.45, 2.75) is 0 Å². The topological polar surface area (TPSA) is 35.3 Å². The van der Waals surface area contributed by atoms with Crippen LogP contribution < -0.4 is 4.74 Å². The molecule has 0 aliphatic rings. The van der Waals surface area contributed by atoms with E-state index in [0.29, 0.717) is 16.8 Å². The lowest BCUT2D eigenvalue weighted by Gasteiger charge is -1.99. The van der Waals surface area contributed by atoms with Crippen molar-refractivity contribution in [2.75, 3.05) is 0 Å². The summed E-state index contributed by atoms with van der Waals surface area (Å²) in [4.78, 5) is 3.95. The van der Waals surface area contributed by atoms with Crippen molar-refractivity contribution >= 4 is 39.4 Å². The molecule has 0 N–H and O–H groups in total. The molecule has 0 unspecified atom stereocenters. The van der Waals surface area contributed by atoms with E-state index in [9.17, 15) is 0 Å². The average Bonchev–Trinajstić information content (AvgIpc) is 2.49. The second kappa shape index (κ2) is 3.32. The van der Waals surface area contributed by atoms with Crippen LogP contribution in [0.2, 0.25) is 0 Å². The molecule has 1 aromatic carbocycles. The predicted octanol–water partition coefficient (Wildman–Crippen LogP) is 2.73. The van der Waals surface area contributed by atoms with E-state index in [0.717, 1.165) is 0 Å². The van der Waals surface area contributed by atoms with Crippen LogP contribution in [0.15, 0.2) is 29.0 Å². The number of fused-ring (bicyclic) bond motifs is 1. The van der Waals surface area contributed by atoms with Crippen LogP contribution in [0, 0.1) is 0 Å². The summed E-state index contributed by atoms with van der Waals surface area (Å²) in [5, 5.41) is 0. The van der Waals surface area contributed by atoms with Gasteiger partial charge in [0.25, 0.3) is 4.51 Å². The minimum Gasteiger partial charge on any atom is -0.443 e. The first kappa shape index (κ1) is 8.47. The molecule has 1 heterocycles. The summed E-state index contributed by atoms with van der Waals surface area (Å²) in [6, 6.07) is 5.16. The maximum atomic E-state index is 5.40. The zero-order chi connectivity index (χ0) is 9.26. The second-order valence-corrected chi connectivity index (χ2v) is 3.26. The SMILES string of the molecule is S=C(Cl)Oc1ccc2ocnc2c1. The van der Waals surface area contributed by atoms with E-state index in [1.54, 1.807) is 18.2 Å². The van der Waals surface area contributed by atoms with Gasteiger partial charge in [0, 0.05) is 6.07 Å². The fourth-order valence-corrected chi connectivity index (χ4v) is 1.18. The molecule has 0 atom stereocenters. The molecule has 13 heavy (non-hydrogen) atoms. The number of hydrogen-bond donors (Lipinski definition) is 0. The van der Waals surface area contributed by atoms with Gasteiger partial charge in [-0.1, -0.05) is 0 Å². The molecular formula is C8H4ClNO2S. The molecule has 2 aromatic rings. The number of rotatable bonds is 1. The summed E-state index contributed by atoms with van der Waals surface area (Å²) >= 11 is 9.98. The number of hydrogen-bond acceptors (Lipinski definition) is 4. The van der Waals surface area contributed by atoms with Gasteiger partial charge in [0.05, 0.1) is 0 Å². The minimum absolute atomic E-state index is 0.0390. The third-order valence-electron chi connectivity index (χ3n) is 1.50. The first-order valence-electron chi connectivity index (χ1n) is 3.46. The van der Waals surface area contributed by atoms with Crippen LogP contribution in [-0.4, -0.2) is 9.49 Å². The van der Waals surface area contributed by atoms with Gasteiger partial charge in [-0.05, 0) is 36.0 Å². The quantitative estimate of drug-likeness (QED) is 0.539. The van der Waals surface area contributed by atoms with Crippen molar-refractivity contribution in [3.8, 4) is 5.75 Å². The molecular weight excluding hydrogens is 210 g/mol. The Bertz CT molecular complexity index is 454. The molecule has 0 saturated carbocycles. The molecule has 0 amide bonds. The fraction of sp³-hybridized carbons (Fsp3) is 0. The lowest BCUT2D eigenvalue weighted by Crippen LogP contribution is -1.94. The summed E-state index contributed by atoms with van der Waals surface area (Å²) in [6.07, 6.45) is 1.37. The smallest absolute Gasteiger partial charge is 0.260 e. The molecule has 66 valence electrons. The van der Waals surface area contributed by atoms with Gasteiger partial charge < -0.3 is 9.15 Å². The molecule has 0 saturated heterocycles. The zero-order valence-electron chi connectivity index (χ0n) is 6.36. The van der Waals surface area contributed by atoms with E-state index in [-0.39, 0.29) is 4.51 Å². The highest BCUT2D eigenvalue weighted by Gasteiger charge is 2.01. The zero-order valence-corrected chi connectivity index (χ0v) is 7.93. The maximum absolute atomic E-state index is 5.40. The molecule has 5 heteroatoms. The largest absolute Gasteiger partial charge is 0.443 e. The van der Waals surface area contributed by atoms with E-state index in [2.05, 4.69) is 17.2 Å². The molecule has 0 fully saturated rings. The standard InChI is InChI=1S/C8H4ClNO2S/c9-8(13)12-5-1-2-7-6(3-5)10-4-11-7/h1-4H. The third kappa shape index (κ3) is 1.79. The summed E-state index contributed by atoms with van der Waals surface area (Å²) in [5.41, 5.74) is 1.42. The highest BCUT2D eigenvalue weighted by molar-refractivity contribution is 7.82. The molecule has 0 bridgehead atoms. The average molecular weight is 214 g/mol. The molecule has 1 aromatic heterocycles. The first-order chi connectivity index (χ1) is 6.25. The molecule has 0 radical (unpaired) electrons. The highest BCUT2D eigenvalue weighted by atomic mass is 35.5. The van der Waals surface area contributed by atoms with E-state index in [4.69, 9.17) is 20.8 Å². The van der Waals surface area contributed by atoms with Gasteiger partial charge in [-0.2, -0.15) is 0 Å². The summed E-state index contributed by atoms with van der Waals surface area (Å²) in [5.74, 6) is 0.557. The Hall–Kier alpha value is -1.13. The van der Waals surface area contributed by atoms with E-state index in [1.807, 2.05) is 0 Å². The van der Waals surface area contributed by atoms with Crippen LogP contribution in [0.4, 0.5) is 0 Å². The Morgan fingerprint density at radius 3 is 3.15 bits per heavy atom. The first-order valence-corrected chi connectivity index (χ1v) is 4.25. The molecule has 3 nitrogen and oxygen atoms in total. The Kier molecular flexibility index (Phi) is 2.16. The normalized spacial score (nSPS) is 10.2. The van der Waals surface area contributed by atoms with Crippen molar-refractivity contribution in [1.82, 2.24) is 4.98 Å². The monoisotopic (exact) mass is 213 g/mol. The van der Waals surface area contributed by atoms with Crippen molar-refractivity contribution < 1.29 is 9.15 Å². The van der Waals surface area contributed by atoms with Gasteiger partial charge in [-0.15, -0.1) is 0 Å². The number of ether oxygens (including phenoxy) is 1. The fourth-order valence-electron chi connectivity index (χ4n) is 0.994. The van der Waals surface area contributed by atoms with Gasteiger partial charge in [0.2, 0.25) is 0 Å². The number of oxazole rings is 1. The van der Waals surface area contributed by atoms with E-state index in [1.165, 1.54) is 6.39 Å². The van der Waals surface area contributed by atoms with Gasteiger partial charge in [0.15, 0.2) is 12.0 Å². The number of halogens is 1. The second-order valence-electron chi connectivity index (χ2n) is 2.32. The molecule has 0 aliphatic carbocycles. The lowest BCUT2D eigenvalue weighted by molar-refractivity contribution is 0.577. The van der Waals surface area contributed by atoms with Crippen LogP contribution in [0.1, 0.15) is 0 Å². The van der Waals surface area contributed by atoms with Crippen molar-refractivity contribution in [3.63, 3.8) is 0 Å². The molecule has 2 rings (SSSR count). The van der Waals surface area contributed by atoms with Crippen molar-refractivity contribution in [2.24, 2.45) is 0 Å². The Morgan fingerprint density at radius 1 is 1.54 bits per heavy atom. The van der Waals surface area contributed by atoms with Crippen LogP contribution in [0.5, 0.6) is 5.75 Å². The van der Waals surface area contributed by atoms with Gasteiger partial charge in [-0.3, -0.25) is 0 Å². The maximum Gasteiger partial charge on any atom is 0.260 e. The lowest BCUT2D eigenvalue weighted by atomic mass is 10.3. The number of aromatic nitrogens is 1. The van der Waals surface area contributed by atoms with Gasteiger partial charge in [0.1, 0.15) is 11.3 Å². The van der Waals surface area contributed by atoms with E-state index >= 15 is 0 Å². The van der Waals surface area contributed by atoms with Crippen molar-refractivity contribution in [3.05, 3.63) is 24.6 Å². The summed E-state index contributed by atoms with van der Waals surface area (Å²) in [7, 11) is 0. The predicted molar refractivity (Wildman–Crippen MR) is 53.1 cm³/mol. The van der Waals surface area contributed by atoms with Crippen molar-refractivity contribution in [1.29, 1.82) is 0 Å². The Morgan fingerprint density at radius 2 is 2.38 bits per heavy atom. The summed E-state index contributed by atoms with van der Waals surface area (Å²) in [6.45, 7) is 0. The molecule has 0 aliphatic heterocycles. The number of thiocarbonyl (C=S) groups is 1. The van der Waals surface area contributed by atoms with Crippen LogP contribution in [0.25, 0.3) is 11.1 Å².